The van der Waals surface area contributed by atoms with Gasteiger partial charge in [0.05, 0.1) is 10.6 Å². The van der Waals surface area contributed by atoms with E-state index in [1.807, 2.05) is 6.07 Å². The van der Waals surface area contributed by atoms with Crippen molar-refractivity contribution in [2.24, 2.45) is 0 Å². The third-order valence-electron chi connectivity index (χ3n) is 3.74. The minimum atomic E-state index is -3.70. The fourth-order valence-electron chi connectivity index (χ4n) is 2.60. The minimum Gasteiger partial charge on any atom is -0.312 e. The highest BCUT2D eigenvalue weighted by Gasteiger charge is 2.23. The smallest absolute Gasteiger partial charge is 0.261 e. The largest absolute Gasteiger partial charge is 0.312 e. The second-order valence-corrected chi connectivity index (χ2v) is 7.44. The molecule has 3 rings (SSSR count). The molecule has 0 bridgehead atoms. The van der Waals surface area contributed by atoms with Crippen LogP contribution in [0.3, 0.4) is 0 Å². The Kier molecular flexibility index (Phi) is 4.04. The molecule has 120 valence electrons. The van der Waals surface area contributed by atoms with E-state index in [1.165, 1.54) is 31.2 Å². The lowest BCUT2D eigenvalue weighted by Gasteiger charge is -2.16. The monoisotopic (exact) mass is 350 g/mol. The lowest BCUT2D eigenvalue weighted by molar-refractivity contribution is -0.116. The van der Waals surface area contributed by atoms with Crippen molar-refractivity contribution in [3.05, 3.63) is 53.1 Å². The SMILES string of the molecule is CC(=O)N1CCc2ccc(NS(=O)(=O)c3ccc(Cl)cc3)cc21. The molecule has 7 heteroatoms. The van der Waals surface area contributed by atoms with E-state index in [-0.39, 0.29) is 10.8 Å². The first-order chi connectivity index (χ1) is 10.9. The van der Waals surface area contributed by atoms with Crippen LogP contribution in [-0.4, -0.2) is 20.9 Å². The molecule has 1 aliphatic rings. The van der Waals surface area contributed by atoms with E-state index in [1.54, 1.807) is 17.0 Å². The number of nitrogens with zero attached hydrogens (tertiary/aromatic N) is 1. The molecule has 0 atom stereocenters. The van der Waals surface area contributed by atoms with Crippen molar-refractivity contribution in [3.63, 3.8) is 0 Å². The number of hydrogen-bond donors (Lipinski definition) is 1. The predicted molar refractivity (Wildman–Crippen MR) is 90.4 cm³/mol. The van der Waals surface area contributed by atoms with Gasteiger partial charge in [-0.05, 0) is 48.4 Å². The van der Waals surface area contributed by atoms with Crippen LogP contribution in [0.4, 0.5) is 11.4 Å². The molecule has 1 amide bonds. The molecule has 1 heterocycles. The highest BCUT2D eigenvalue weighted by atomic mass is 35.5. The summed E-state index contributed by atoms with van der Waals surface area (Å²) in [4.78, 5) is 13.4. The fourth-order valence-corrected chi connectivity index (χ4v) is 3.77. The molecule has 5 nitrogen and oxygen atoms in total. The van der Waals surface area contributed by atoms with Gasteiger partial charge in [0.1, 0.15) is 0 Å². The molecule has 0 saturated heterocycles. The number of rotatable bonds is 3. The second kappa shape index (κ2) is 5.86. The van der Waals surface area contributed by atoms with E-state index < -0.39 is 10.0 Å². The number of carbonyl (C=O) groups is 1. The first kappa shape index (κ1) is 15.8. The van der Waals surface area contributed by atoms with Gasteiger partial charge in [-0.15, -0.1) is 0 Å². The number of amides is 1. The molecule has 1 aliphatic heterocycles. The maximum Gasteiger partial charge on any atom is 0.261 e. The summed E-state index contributed by atoms with van der Waals surface area (Å²) in [5.74, 6) is -0.0542. The summed E-state index contributed by atoms with van der Waals surface area (Å²) in [5.41, 5.74) is 2.22. The van der Waals surface area contributed by atoms with Crippen LogP contribution >= 0.6 is 11.6 Å². The van der Waals surface area contributed by atoms with Crippen molar-refractivity contribution < 1.29 is 13.2 Å². The second-order valence-electron chi connectivity index (χ2n) is 5.32. The van der Waals surface area contributed by atoms with Gasteiger partial charge in [0, 0.05) is 24.2 Å². The van der Waals surface area contributed by atoms with Gasteiger partial charge >= 0.3 is 0 Å². The van der Waals surface area contributed by atoms with E-state index in [2.05, 4.69) is 4.72 Å². The quantitative estimate of drug-likeness (QED) is 0.925. The van der Waals surface area contributed by atoms with E-state index in [9.17, 15) is 13.2 Å². The van der Waals surface area contributed by atoms with Gasteiger partial charge in [0.15, 0.2) is 0 Å². The third-order valence-corrected chi connectivity index (χ3v) is 5.39. The molecule has 2 aromatic rings. The first-order valence-electron chi connectivity index (χ1n) is 7.06. The van der Waals surface area contributed by atoms with Crippen LogP contribution < -0.4 is 9.62 Å². The summed E-state index contributed by atoms with van der Waals surface area (Å²) in [5, 5.41) is 0.471. The number of carbonyl (C=O) groups excluding carboxylic acids is 1. The van der Waals surface area contributed by atoms with Crippen LogP contribution in [0.1, 0.15) is 12.5 Å². The summed E-state index contributed by atoms with van der Waals surface area (Å²) in [6.45, 7) is 2.12. The molecule has 0 saturated carbocycles. The zero-order valence-corrected chi connectivity index (χ0v) is 14.0. The average molecular weight is 351 g/mol. The highest BCUT2D eigenvalue weighted by molar-refractivity contribution is 7.92. The Morgan fingerprint density at radius 3 is 2.52 bits per heavy atom. The molecule has 2 aromatic carbocycles. The Morgan fingerprint density at radius 2 is 1.87 bits per heavy atom. The van der Waals surface area contributed by atoms with Crippen LogP contribution in [0.2, 0.25) is 5.02 Å². The third kappa shape index (κ3) is 3.18. The molecule has 0 aromatic heterocycles. The topological polar surface area (TPSA) is 66.5 Å². The first-order valence-corrected chi connectivity index (χ1v) is 8.92. The van der Waals surface area contributed by atoms with Crippen molar-refractivity contribution >= 4 is 38.9 Å². The Morgan fingerprint density at radius 1 is 1.17 bits per heavy atom. The number of halogens is 1. The van der Waals surface area contributed by atoms with Crippen molar-refractivity contribution in [3.8, 4) is 0 Å². The zero-order chi connectivity index (χ0) is 16.6. The molecule has 0 radical (unpaired) electrons. The molecule has 0 unspecified atom stereocenters. The number of anilines is 2. The summed E-state index contributed by atoms with van der Waals surface area (Å²) in [6.07, 6.45) is 0.777. The van der Waals surface area contributed by atoms with Gasteiger partial charge in [-0.2, -0.15) is 0 Å². The van der Waals surface area contributed by atoms with Gasteiger partial charge < -0.3 is 4.90 Å². The minimum absolute atomic E-state index is 0.0542. The van der Waals surface area contributed by atoms with Crippen molar-refractivity contribution in [2.75, 3.05) is 16.2 Å². The molecule has 0 spiro atoms. The van der Waals surface area contributed by atoms with Gasteiger partial charge in [-0.3, -0.25) is 9.52 Å². The Labute approximate surface area is 139 Å². The van der Waals surface area contributed by atoms with Gasteiger partial charge in [0.25, 0.3) is 10.0 Å². The molecule has 1 N–H and O–H groups in total. The number of nitrogens with one attached hydrogen (secondary N) is 1. The molecule has 23 heavy (non-hydrogen) atoms. The fraction of sp³-hybridized carbons (Fsp3) is 0.188. The predicted octanol–water partition coefficient (Wildman–Crippen LogP) is 3.05. The Balaban J connectivity index is 1.90. The number of hydrogen-bond acceptors (Lipinski definition) is 3. The number of sulfonamides is 1. The summed E-state index contributed by atoms with van der Waals surface area (Å²) >= 11 is 5.78. The maximum atomic E-state index is 12.4. The lowest BCUT2D eigenvalue weighted by atomic mass is 10.1. The summed E-state index contributed by atoms with van der Waals surface area (Å²) in [6, 6.07) is 11.2. The van der Waals surface area contributed by atoms with Gasteiger partial charge in [0.2, 0.25) is 5.91 Å². The number of fused-ring (bicyclic) bond motifs is 1. The van der Waals surface area contributed by atoms with Crippen LogP contribution in [0, 0.1) is 0 Å². The zero-order valence-electron chi connectivity index (χ0n) is 12.4. The van der Waals surface area contributed by atoms with Crippen molar-refractivity contribution in [1.82, 2.24) is 0 Å². The molecule has 0 aliphatic carbocycles. The van der Waals surface area contributed by atoms with Crippen molar-refractivity contribution in [2.45, 2.75) is 18.2 Å². The Bertz CT molecular complexity index is 863. The van der Waals surface area contributed by atoms with E-state index in [4.69, 9.17) is 11.6 Å². The number of benzene rings is 2. The molecule has 0 fully saturated rings. The average Bonchev–Trinajstić information content (AvgIpc) is 2.90. The molecular weight excluding hydrogens is 336 g/mol. The lowest BCUT2D eigenvalue weighted by Crippen LogP contribution is -2.25. The standard InChI is InChI=1S/C16H15ClN2O3S/c1-11(20)19-9-8-12-2-5-14(10-16(12)19)18-23(21,22)15-6-3-13(17)4-7-15/h2-7,10,18H,8-9H2,1H3. The van der Waals surface area contributed by atoms with E-state index in [0.717, 1.165) is 17.7 Å². The maximum absolute atomic E-state index is 12.4. The van der Waals surface area contributed by atoms with Gasteiger partial charge in [-0.1, -0.05) is 17.7 Å². The van der Waals surface area contributed by atoms with E-state index in [0.29, 0.717) is 17.3 Å². The highest BCUT2D eigenvalue weighted by Crippen LogP contribution is 2.31. The van der Waals surface area contributed by atoms with Crippen LogP contribution in [0.5, 0.6) is 0 Å². The molecular formula is C16H15ClN2O3S. The van der Waals surface area contributed by atoms with E-state index >= 15 is 0 Å². The normalized spacial score (nSPS) is 13.7. The summed E-state index contributed by atoms with van der Waals surface area (Å²) in [7, 11) is -3.70. The van der Waals surface area contributed by atoms with Gasteiger partial charge in [-0.25, -0.2) is 8.42 Å². The van der Waals surface area contributed by atoms with Crippen LogP contribution in [0.15, 0.2) is 47.4 Å². The van der Waals surface area contributed by atoms with Crippen LogP contribution in [-0.2, 0) is 21.2 Å². The van der Waals surface area contributed by atoms with Crippen molar-refractivity contribution in [1.29, 1.82) is 0 Å². The summed E-state index contributed by atoms with van der Waals surface area (Å²) < 4.78 is 27.3. The Hall–Kier alpha value is -2.05. The van der Waals surface area contributed by atoms with Crippen LogP contribution in [0.25, 0.3) is 0 Å².